The van der Waals surface area contributed by atoms with E-state index >= 15 is 0 Å². The molecule has 0 unspecified atom stereocenters. The third-order valence-corrected chi connectivity index (χ3v) is 2.70. The molecule has 0 atom stereocenters. The molecule has 0 radical (unpaired) electrons. The van der Waals surface area contributed by atoms with Gasteiger partial charge in [0.15, 0.2) is 6.61 Å². The largest absolute Gasteiger partial charge is 0.479 e. The van der Waals surface area contributed by atoms with Crippen molar-refractivity contribution in [1.29, 1.82) is 5.26 Å². The Morgan fingerprint density at radius 3 is 3.00 bits per heavy atom. The zero-order valence-electron chi connectivity index (χ0n) is 11.1. The summed E-state index contributed by atoms with van der Waals surface area (Å²) in [6.45, 7) is 2.73. The number of nitrogens with zero attached hydrogens (tertiary/aromatic N) is 3. The summed E-state index contributed by atoms with van der Waals surface area (Å²) in [5, 5.41) is 16.1. The van der Waals surface area contributed by atoms with Crippen LogP contribution in [-0.2, 0) is 13.6 Å². The quantitative estimate of drug-likeness (QED) is 0.891. The normalized spacial score (nSPS) is 9.95. The van der Waals surface area contributed by atoms with E-state index in [1.807, 2.05) is 50.5 Å². The molecule has 0 aliphatic rings. The molecule has 0 aliphatic heterocycles. The van der Waals surface area contributed by atoms with Gasteiger partial charge in [0.1, 0.15) is 11.8 Å². The number of hydrogen-bond acceptors (Lipinski definition) is 4. The molecule has 1 N–H and O–H groups in total. The molecule has 1 heterocycles. The molecule has 0 aliphatic carbocycles. The lowest BCUT2D eigenvalue weighted by atomic mass is 10.2. The van der Waals surface area contributed by atoms with Crippen molar-refractivity contribution in [3.63, 3.8) is 0 Å². The van der Waals surface area contributed by atoms with Crippen LogP contribution in [0.2, 0.25) is 0 Å². The Hall–Kier alpha value is -2.48. The average molecular weight is 256 g/mol. The van der Waals surface area contributed by atoms with E-state index in [-0.39, 0.29) is 6.61 Å². The summed E-state index contributed by atoms with van der Waals surface area (Å²) in [4.78, 5) is 0. The second kappa shape index (κ2) is 5.91. The molecule has 19 heavy (non-hydrogen) atoms. The van der Waals surface area contributed by atoms with Crippen LogP contribution in [0.15, 0.2) is 30.5 Å². The van der Waals surface area contributed by atoms with Gasteiger partial charge in [-0.1, -0.05) is 12.1 Å². The van der Waals surface area contributed by atoms with Gasteiger partial charge in [-0.25, -0.2) is 0 Å². The number of aromatic nitrogens is 2. The lowest BCUT2D eigenvalue weighted by Crippen LogP contribution is -2.00. The SMILES string of the molecule is Cc1nn(C)cc1NCc1cccc(OCC#N)c1. The van der Waals surface area contributed by atoms with Gasteiger partial charge >= 0.3 is 0 Å². The molecule has 2 aromatic rings. The summed E-state index contributed by atoms with van der Waals surface area (Å²) in [6, 6.07) is 9.65. The monoisotopic (exact) mass is 256 g/mol. The molecule has 0 saturated carbocycles. The highest BCUT2D eigenvalue weighted by atomic mass is 16.5. The molecule has 0 spiro atoms. The fraction of sp³-hybridized carbons (Fsp3) is 0.286. The molecule has 2 rings (SSSR count). The summed E-state index contributed by atoms with van der Waals surface area (Å²) in [7, 11) is 1.90. The number of hydrogen-bond donors (Lipinski definition) is 1. The second-order valence-electron chi connectivity index (χ2n) is 4.25. The van der Waals surface area contributed by atoms with Gasteiger partial charge in [0.25, 0.3) is 0 Å². The number of ether oxygens (including phenoxy) is 1. The molecule has 98 valence electrons. The standard InChI is InChI=1S/C14H16N4O/c1-11-14(10-18(2)17-11)16-9-12-4-3-5-13(8-12)19-7-6-15/h3-5,8,10,16H,7,9H2,1-2H3. The van der Waals surface area contributed by atoms with Crippen LogP contribution in [0.3, 0.4) is 0 Å². The Morgan fingerprint density at radius 2 is 2.32 bits per heavy atom. The van der Waals surface area contributed by atoms with Gasteiger partial charge in [-0.3, -0.25) is 4.68 Å². The lowest BCUT2D eigenvalue weighted by Gasteiger charge is -2.07. The smallest absolute Gasteiger partial charge is 0.174 e. The van der Waals surface area contributed by atoms with Gasteiger partial charge in [0.05, 0.1) is 11.4 Å². The maximum absolute atomic E-state index is 8.49. The van der Waals surface area contributed by atoms with Crippen molar-refractivity contribution >= 4 is 5.69 Å². The second-order valence-corrected chi connectivity index (χ2v) is 4.25. The predicted molar refractivity (Wildman–Crippen MR) is 72.8 cm³/mol. The van der Waals surface area contributed by atoms with Crippen LogP contribution < -0.4 is 10.1 Å². The molecule has 0 fully saturated rings. The molecular formula is C14H16N4O. The van der Waals surface area contributed by atoms with Crippen molar-refractivity contribution < 1.29 is 4.74 Å². The molecular weight excluding hydrogens is 240 g/mol. The summed E-state index contributed by atoms with van der Waals surface area (Å²) in [6.07, 6.45) is 1.95. The van der Waals surface area contributed by atoms with Crippen LogP contribution in [0.4, 0.5) is 5.69 Å². The van der Waals surface area contributed by atoms with Gasteiger partial charge in [-0.05, 0) is 24.6 Å². The van der Waals surface area contributed by atoms with Gasteiger partial charge < -0.3 is 10.1 Å². The molecule has 1 aromatic carbocycles. The van der Waals surface area contributed by atoms with Crippen LogP contribution in [0.1, 0.15) is 11.3 Å². The minimum absolute atomic E-state index is 0.0681. The predicted octanol–water partition coefficient (Wildman–Crippen LogP) is 2.24. The fourth-order valence-corrected chi connectivity index (χ4v) is 1.83. The number of rotatable bonds is 5. The zero-order valence-corrected chi connectivity index (χ0v) is 11.1. The molecule has 0 amide bonds. The first-order valence-corrected chi connectivity index (χ1v) is 6.02. The highest BCUT2D eigenvalue weighted by Crippen LogP contribution is 2.16. The maximum atomic E-state index is 8.49. The van der Waals surface area contributed by atoms with Crippen molar-refractivity contribution in [1.82, 2.24) is 9.78 Å². The van der Waals surface area contributed by atoms with Crippen molar-refractivity contribution in [2.45, 2.75) is 13.5 Å². The minimum atomic E-state index is 0.0681. The Morgan fingerprint density at radius 1 is 1.47 bits per heavy atom. The van der Waals surface area contributed by atoms with E-state index in [2.05, 4.69) is 10.4 Å². The molecule has 0 bridgehead atoms. The Balaban J connectivity index is 1.99. The Kier molecular flexibility index (Phi) is 4.04. The van der Waals surface area contributed by atoms with Gasteiger partial charge in [0, 0.05) is 19.8 Å². The van der Waals surface area contributed by atoms with E-state index in [0.29, 0.717) is 12.3 Å². The van der Waals surface area contributed by atoms with Gasteiger partial charge in [-0.2, -0.15) is 10.4 Å². The summed E-state index contributed by atoms with van der Waals surface area (Å²) in [5.74, 6) is 0.712. The van der Waals surface area contributed by atoms with E-state index in [9.17, 15) is 0 Å². The zero-order chi connectivity index (χ0) is 13.7. The van der Waals surface area contributed by atoms with Crippen LogP contribution >= 0.6 is 0 Å². The maximum Gasteiger partial charge on any atom is 0.174 e. The van der Waals surface area contributed by atoms with Crippen LogP contribution in [-0.4, -0.2) is 16.4 Å². The first-order valence-electron chi connectivity index (χ1n) is 6.02. The number of nitrogens with one attached hydrogen (secondary N) is 1. The highest BCUT2D eigenvalue weighted by molar-refractivity contribution is 5.46. The van der Waals surface area contributed by atoms with E-state index < -0.39 is 0 Å². The lowest BCUT2D eigenvalue weighted by molar-refractivity contribution is 0.368. The fourth-order valence-electron chi connectivity index (χ4n) is 1.83. The topological polar surface area (TPSA) is 62.9 Å². The molecule has 0 saturated heterocycles. The van der Waals surface area contributed by atoms with Crippen molar-refractivity contribution in [2.24, 2.45) is 7.05 Å². The number of anilines is 1. The van der Waals surface area contributed by atoms with Crippen LogP contribution in [0.25, 0.3) is 0 Å². The van der Waals surface area contributed by atoms with E-state index in [4.69, 9.17) is 10.00 Å². The number of nitriles is 1. The van der Waals surface area contributed by atoms with Crippen molar-refractivity contribution in [2.75, 3.05) is 11.9 Å². The van der Waals surface area contributed by atoms with Crippen LogP contribution in [0, 0.1) is 18.3 Å². The average Bonchev–Trinajstić information content (AvgIpc) is 2.73. The summed E-state index contributed by atoms with van der Waals surface area (Å²) >= 11 is 0. The molecule has 1 aromatic heterocycles. The van der Waals surface area contributed by atoms with Gasteiger partial charge in [-0.15, -0.1) is 0 Å². The van der Waals surface area contributed by atoms with Crippen molar-refractivity contribution in [3.05, 3.63) is 41.7 Å². The minimum Gasteiger partial charge on any atom is -0.479 e. The molecule has 5 nitrogen and oxygen atoms in total. The van der Waals surface area contributed by atoms with E-state index in [1.54, 1.807) is 4.68 Å². The Bertz CT molecular complexity index is 598. The third kappa shape index (κ3) is 3.49. The Labute approximate surface area is 112 Å². The summed E-state index contributed by atoms with van der Waals surface area (Å²) in [5.41, 5.74) is 3.09. The number of aryl methyl sites for hydroxylation is 2. The van der Waals surface area contributed by atoms with Crippen molar-refractivity contribution in [3.8, 4) is 11.8 Å². The third-order valence-electron chi connectivity index (χ3n) is 2.70. The van der Waals surface area contributed by atoms with Crippen LogP contribution in [0.5, 0.6) is 5.75 Å². The highest BCUT2D eigenvalue weighted by Gasteiger charge is 2.03. The molecule has 5 heteroatoms. The van der Waals surface area contributed by atoms with Gasteiger partial charge in [0.2, 0.25) is 0 Å². The number of benzene rings is 1. The van der Waals surface area contributed by atoms with E-state index in [0.717, 1.165) is 16.9 Å². The first-order chi connectivity index (χ1) is 9.19. The van der Waals surface area contributed by atoms with E-state index in [1.165, 1.54) is 0 Å². The first kappa shape index (κ1) is 13.0. The summed E-state index contributed by atoms with van der Waals surface area (Å²) < 4.78 is 7.05.